The molecule has 0 aromatic heterocycles. The highest BCUT2D eigenvalue weighted by Crippen LogP contribution is 2.26. The molecule has 0 spiro atoms. The normalized spacial score (nSPS) is 16.7. The van der Waals surface area contributed by atoms with E-state index in [0.29, 0.717) is 6.04 Å². The lowest BCUT2D eigenvalue weighted by Crippen LogP contribution is -2.43. The summed E-state index contributed by atoms with van der Waals surface area (Å²) in [5.74, 6) is 1.74. The van der Waals surface area contributed by atoms with Gasteiger partial charge in [-0.3, -0.25) is 9.89 Å². The fraction of sp³-hybridized carbons (Fsp3) is 0.632. The second kappa shape index (κ2) is 10.9. The van der Waals surface area contributed by atoms with Crippen LogP contribution >= 0.6 is 0 Å². The van der Waals surface area contributed by atoms with Crippen LogP contribution in [0.2, 0.25) is 0 Å². The molecule has 1 aliphatic heterocycles. The van der Waals surface area contributed by atoms with Gasteiger partial charge in [0.1, 0.15) is 5.75 Å². The van der Waals surface area contributed by atoms with E-state index in [9.17, 15) is 0 Å². The molecule has 6 heteroatoms. The van der Waals surface area contributed by atoms with Crippen molar-refractivity contribution in [3.63, 3.8) is 0 Å². The molecular weight excluding hydrogens is 316 g/mol. The SMILES string of the molecule is CN=C(NCCCOC)NCC(c1ccc(OC)cc1)N1CCCC1. The third-order valence-electron chi connectivity index (χ3n) is 4.59. The number of hydrogen-bond donors (Lipinski definition) is 2. The molecule has 1 fully saturated rings. The van der Waals surface area contributed by atoms with E-state index in [1.54, 1.807) is 14.2 Å². The zero-order chi connectivity index (χ0) is 17.9. The van der Waals surface area contributed by atoms with Gasteiger partial charge < -0.3 is 20.1 Å². The summed E-state index contributed by atoms with van der Waals surface area (Å²) < 4.78 is 10.4. The summed E-state index contributed by atoms with van der Waals surface area (Å²) in [6.07, 6.45) is 3.51. The van der Waals surface area contributed by atoms with Crippen LogP contribution in [0.4, 0.5) is 0 Å². The molecule has 2 rings (SSSR count). The predicted octanol–water partition coefficient (Wildman–Crippen LogP) is 2.03. The second-order valence-corrected chi connectivity index (χ2v) is 6.26. The third-order valence-corrected chi connectivity index (χ3v) is 4.59. The Balaban J connectivity index is 1.95. The van der Waals surface area contributed by atoms with Crippen molar-refractivity contribution in [2.75, 3.05) is 54.1 Å². The van der Waals surface area contributed by atoms with Crippen molar-refractivity contribution in [2.24, 2.45) is 4.99 Å². The van der Waals surface area contributed by atoms with Crippen molar-refractivity contribution < 1.29 is 9.47 Å². The Labute approximate surface area is 151 Å². The van der Waals surface area contributed by atoms with Gasteiger partial charge in [-0.15, -0.1) is 0 Å². The van der Waals surface area contributed by atoms with Gasteiger partial charge in [-0.2, -0.15) is 0 Å². The number of benzene rings is 1. The Bertz CT molecular complexity index is 513. The van der Waals surface area contributed by atoms with Gasteiger partial charge in [-0.1, -0.05) is 12.1 Å². The number of methoxy groups -OCH3 is 2. The zero-order valence-electron chi connectivity index (χ0n) is 15.8. The van der Waals surface area contributed by atoms with Gasteiger partial charge in [0.05, 0.1) is 13.2 Å². The Morgan fingerprint density at radius 2 is 1.88 bits per heavy atom. The van der Waals surface area contributed by atoms with Crippen molar-refractivity contribution in [1.29, 1.82) is 0 Å². The fourth-order valence-electron chi connectivity index (χ4n) is 3.17. The average Bonchev–Trinajstić information content (AvgIpc) is 3.18. The maximum Gasteiger partial charge on any atom is 0.191 e. The van der Waals surface area contributed by atoms with Crippen LogP contribution in [0, 0.1) is 0 Å². The number of hydrogen-bond acceptors (Lipinski definition) is 4. The van der Waals surface area contributed by atoms with Crippen LogP contribution in [0.15, 0.2) is 29.3 Å². The Kier molecular flexibility index (Phi) is 8.55. The van der Waals surface area contributed by atoms with Crippen LogP contribution in [-0.2, 0) is 4.74 Å². The maximum absolute atomic E-state index is 5.29. The van der Waals surface area contributed by atoms with Crippen LogP contribution in [-0.4, -0.2) is 64.9 Å². The smallest absolute Gasteiger partial charge is 0.191 e. The summed E-state index contributed by atoms with van der Waals surface area (Å²) in [7, 11) is 5.24. The molecule has 0 bridgehead atoms. The van der Waals surface area contributed by atoms with E-state index in [-0.39, 0.29) is 0 Å². The average molecular weight is 348 g/mol. The fourth-order valence-corrected chi connectivity index (χ4v) is 3.17. The van der Waals surface area contributed by atoms with Crippen LogP contribution < -0.4 is 15.4 Å². The lowest BCUT2D eigenvalue weighted by molar-refractivity contribution is 0.195. The molecule has 1 aromatic carbocycles. The monoisotopic (exact) mass is 348 g/mol. The van der Waals surface area contributed by atoms with Crippen LogP contribution in [0.1, 0.15) is 30.9 Å². The number of aliphatic imine (C=N–C) groups is 1. The number of likely N-dealkylation sites (tertiary alicyclic amines) is 1. The second-order valence-electron chi connectivity index (χ2n) is 6.26. The van der Waals surface area contributed by atoms with E-state index < -0.39 is 0 Å². The van der Waals surface area contributed by atoms with Gasteiger partial charge in [0.25, 0.3) is 0 Å². The number of ether oxygens (including phenoxy) is 2. The summed E-state index contributed by atoms with van der Waals surface area (Å²) in [5.41, 5.74) is 1.31. The van der Waals surface area contributed by atoms with E-state index in [1.165, 1.54) is 18.4 Å². The molecule has 1 heterocycles. The minimum absolute atomic E-state index is 0.339. The number of nitrogens with one attached hydrogen (secondary N) is 2. The number of nitrogens with zero attached hydrogens (tertiary/aromatic N) is 2. The van der Waals surface area contributed by atoms with Gasteiger partial charge in [0, 0.05) is 33.9 Å². The molecule has 0 amide bonds. The molecule has 1 saturated heterocycles. The summed E-state index contributed by atoms with van der Waals surface area (Å²) in [6, 6.07) is 8.74. The first-order chi connectivity index (χ1) is 12.3. The van der Waals surface area contributed by atoms with Crippen LogP contribution in [0.5, 0.6) is 5.75 Å². The molecular formula is C19H32N4O2. The summed E-state index contributed by atoms with van der Waals surface area (Å²) in [6.45, 7) is 4.74. The maximum atomic E-state index is 5.29. The molecule has 6 nitrogen and oxygen atoms in total. The number of guanidine groups is 1. The first-order valence-electron chi connectivity index (χ1n) is 9.10. The minimum atomic E-state index is 0.339. The molecule has 0 radical (unpaired) electrons. The van der Waals surface area contributed by atoms with E-state index in [1.807, 2.05) is 19.2 Å². The first-order valence-corrected chi connectivity index (χ1v) is 9.10. The molecule has 0 aliphatic carbocycles. The summed E-state index contributed by atoms with van der Waals surface area (Å²) in [5, 5.41) is 6.82. The van der Waals surface area contributed by atoms with Gasteiger partial charge in [-0.05, 0) is 50.0 Å². The standard InChI is InChI=1S/C19H32N4O2/c1-20-19(21-11-6-14-24-2)22-15-18(23-12-4-5-13-23)16-7-9-17(25-3)10-8-16/h7-10,18H,4-6,11-15H2,1-3H3,(H2,20,21,22). The third kappa shape index (κ3) is 6.21. The molecule has 25 heavy (non-hydrogen) atoms. The highest BCUT2D eigenvalue weighted by atomic mass is 16.5. The van der Waals surface area contributed by atoms with Crippen molar-refractivity contribution in [1.82, 2.24) is 15.5 Å². The Morgan fingerprint density at radius 1 is 1.16 bits per heavy atom. The highest BCUT2D eigenvalue weighted by Gasteiger charge is 2.23. The van der Waals surface area contributed by atoms with Crippen molar-refractivity contribution in [2.45, 2.75) is 25.3 Å². The molecule has 1 aliphatic rings. The lowest BCUT2D eigenvalue weighted by atomic mass is 10.1. The van der Waals surface area contributed by atoms with E-state index in [0.717, 1.165) is 50.9 Å². The molecule has 1 unspecified atom stereocenters. The Morgan fingerprint density at radius 3 is 2.48 bits per heavy atom. The molecule has 1 aromatic rings. The molecule has 140 valence electrons. The van der Waals surface area contributed by atoms with Gasteiger partial charge >= 0.3 is 0 Å². The van der Waals surface area contributed by atoms with Crippen molar-refractivity contribution in [3.8, 4) is 5.75 Å². The van der Waals surface area contributed by atoms with E-state index in [4.69, 9.17) is 9.47 Å². The first kappa shape index (κ1) is 19.5. The Hall–Kier alpha value is -1.79. The van der Waals surface area contributed by atoms with Crippen LogP contribution in [0.25, 0.3) is 0 Å². The minimum Gasteiger partial charge on any atom is -0.497 e. The summed E-state index contributed by atoms with van der Waals surface area (Å²) in [4.78, 5) is 6.87. The van der Waals surface area contributed by atoms with Crippen LogP contribution in [0.3, 0.4) is 0 Å². The van der Waals surface area contributed by atoms with E-state index in [2.05, 4.69) is 32.7 Å². The van der Waals surface area contributed by atoms with Crippen molar-refractivity contribution >= 4 is 5.96 Å². The lowest BCUT2D eigenvalue weighted by Gasteiger charge is -2.29. The summed E-state index contributed by atoms with van der Waals surface area (Å²) >= 11 is 0. The molecule has 0 saturated carbocycles. The molecule has 2 N–H and O–H groups in total. The highest BCUT2D eigenvalue weighted by molar-refractivity contribution is 5.79. The van der Waals surface area contributed by atoms with E-state index >= 15 is 0 Å². The van der Waals surface area contributed by atoms with Gasteiger partial charge in [0.15, 0.2) is 5.96 Å². The largest absolute Gasteiger partial charge is 0.497 e. The quantitative estimate of drug-likeness (QED) is 0.406. The molecule has 1 atom stereocenters. The van der Waals surface area contributed by atoms with Gasteiger partial charge in [0.2, 0.25) is 0 Å². The predicted molar refractivity (Wildman–Crippen MR) is 102 cm³/mol. The topological polar surface area (TPSA) is 58.1 Å². The zero-order valence-corrected chi connectivity index (χ0v) is 15.8. The van der Waals surface area contributed by atoms with Crippen molar-refractivity contribution in [3.05, 3.63) is 29.8 Å². The number of rotatable bonds is 9. The van der Waals surface area contributed by atoms with Gasteiger partial charge in [-0.25, -0.2) is 0 Å².